The van der Waals surface area contributed by atoms with Crippen molar-refractivity contribution in [3.8, 4) is 6.07 Å². The van der Waals surface area contributed by atoms with Gasteiger partial charge in [-0.1, -0.05) is 15.9 Å². The average molecular weight is 490 g/mol. The van der Waals surface area contributed by atoms with Gasteiger partial charge in [0.25, 0.3) is 0 Å². The van der Waals surface area contributed by atoms with E-state index >= 15 is 0 Å². The second-order valence-electron chi connectivity index (χ2n) is 7.76. The van der Waals surface area contributed by atoms with Gasteiger partial charge in [-0.25, -0.2) is 8.42 Å². The van der Waals surface area contributed by atoms with E-state index in [1.165, 1.54) is 26.0 Å². The summed E-state index contributed by atoms with van der Waals surface area (Å²) in [6, 6.07) is 15.8. The van der Waals surface area contributed by atoms with Crippen LogP contribution in [-0.4, -0.2) is 50.2 Å². The molecule has 0 atom stereocenters. The molecular weight excluding hydrogens is 466 g/mol. The predicted octanol–water partition coefficient (Wildman–Crippen LogP) is 3.61. The fourth-order valence-corrected chi connectivity index (χ4v) is 5.24. The zero-order valence-electron chi connectivity index (χ0n) is 17.0. The van der Waals surface area contributed by atoms with Crippen molar-refractivity contribution in [3.05, 3.63) is 58.6 Å². The minimum Gasteiger partial charge on any atom is -0.370 e. The Bertz CT molecular complexity index is 1060. The Morgan fingerprint density at radius 1 is 1.00 bits per heavy atom. The van der Waals surface area contributed by atoms with Crippen LogP contribution in [0.3, 0.4) is 0 Å². The van der Waals surface area contributed by atoms with E-state index in [1.54, 1.807) is 29.2 Å². The van der Waals surface area contributed by atoms with Crippen molar-refractivity contribution < 1.29 is 13.2 Å². The summed E-state index contributed by atoms with van der Waals surface area (Å²) in [7, 11) is -3.85. The molecule has 6 nitrogen and oxygen atoms in total. The van der Waals surface area contributed by atoms with Gasteiger partial charge in [0, 0.05) is 36.3 Å². The quantitative estimate of drug-likeness (QED) is 0.654. The number of sulfone groups is 1. The third kappa shape index (κ3) is 4.37. The SMILES string of the molecule is CC(C)(C(=O)N1CCCN(c2ccc(C#N)cc2)CC1)S(=O)(=O)c1ccc(Br)cc1. The highest BCUT2D eigenvalue weighted by Gasteiger charge is 2.45. The van der Waals surface area contributed by atoms with Crippen LogP contribution in [0.25, 0.3) is 0 Å². The van der Waals surface area contributed by atoms with Gasteiger partial charge in [-0.2, -0.15) is 5.26 Å². The van der Waals surface area contributed by atoms with Crippen molar-refractivity contribution in [1.29, 1.82) is 5.26 Å². The highest BCUT2D eigenvalue weighted by molar-refractivity contribution is 9.10. The van der Waals surface area contributed by atoms with E-state index in [1.807, 2.05) is 12.1 Å². The molecule has 0 N–H and O–H groups in total. The Morgan fingerprint density at radius 3 is 2.23 bits per heavy atom. The van der Waals surface area contributed by atoms with E-state index in [0.29, 0.717) is 25.2 Å². The van der Waals surface area contributed by atoms with Gasteiger partial charge in [-0.05, 0) is 68.8 Å². The molecule has 0 saturated carbocycles. The monoisotopic (exact) mass is 489 g/mol. The topological polar surface area (TPSA) is 81.5 Å². The van der Waals surface area contributed by atoms with E-state index in [4.69, 9.17) is 5.26 Å². The molecule has 1 amide bonds. The Balaban J connectivity index is 1.76. The first-order chi connectivity index (χ1) is 14.2. The first-order valence-corrected chi connectivity index (χ1v) is 12.0. The molecular formula is C22H24BrN3O3S. The van der Waals surface area contributed by atoms with Crippen LogP contribution >= 0.6 is 15.9 Å². The van der Waals surface area contributed by atoms with Gasteiger partial charge < -0.3 is 9.80 Å². The fraction of sp³-hybridized carbons (Fsp3) is 0.364. The van der Waals surface area contributed by atoms with Crippen LogP contribution in [0.5, 0.6) is 0 Å². The van der Waals surface area contributed by atoms with Gasteiger partial charge in [0.1, 0.15) is 4.75 Å². The van der Waals surface area contributed by atoms with Crippen molar-refractivity contribution in [2.45, 2.75) is 29.9 Å². The molecule has 1 aliphatic rings. The van der Waals surface area contributed by atoms with Crippen molar-refractivity contribution in [2.75, 3.05) is 31.1 Å². The first kappa shape index (κ1) is 22.3. The van der Waals surface area contributed by atoms with Gasteiger partial charge in [-0.15, -0.1) is 0 Å². The number of hydrogen-bond acceptors (Lipinski definition) is 5. The number of nitrogens with zero attached hydrogens (tertiary/aromatic N) is 3. The van der Waals surface area contributed by atoms with Crippen LogP contribution in [0.4, 0.5) is 5.69 Å². The first-order valence-electron chi connectivity index (χ1n) is 9.71. The molecule has 1 fully saturated rings. The number of carbonyl (C=O) groups excluding carboxylic acids is 1. The van der Waals surface area contributed by atoms with Crippen LogP contribution in [-0.2, 0) is 14.6 Å². The lowest BCUT2D eigenvalue weighted by Gasteiger charge is -2.31. The smallest absolute Gasteiger partial charge is 0.243 e. The standard InChI is InChI=1S/C22H24BrN3O3S/c1-22(2,30(28,29)20-10-6-18(23)7-11-20)21(27)26-13-3-12-25(14-15-26)19-8-4-17(16-24)5-9-19/h4-11H,3,12-15H2,1-2H3. The van der Waals surface area contributed by atoms with Gasteiger partial charge in [0.15, 0.2) is 9.84 Å². The summed E-state index contributed by atoms with van der Waals surface area (Å²) in [6.45, 7) is 5.27. The van der Waals surface area contributed by atoms with E-state index in [9.17, 15) is 13.2 Å². The Kier molecular flexibility index (Phi) is 6.53. The predicted molar refractivity (Wildman–Crippen MR) is 120 cm³/mol. The lowest BCUT2D eigenvalue weighted by molar-refractivity contribution is -0.132. The molecule has 8 heteroatoms. The molecule has 0 spiro atoms. The number of amides is 1. The lowest BCUT2D eigenvalue weighted by atomic mass is 10.1. The second-order valence-corrected chi connectivity index (χ2v) is 11.2. The fourth-order valence-electron chi connectivity index (χ4n) is 3.53. The van der Waals surface area contributed by atoms with E-state index in [-0.39, 0.29) is 10.8 Å². The lowest BCUT2D eigenvalue weighted by Crippen LogP contribution is -2.51. The Labute approximate surface area is 186 Å². The van der Waals surface area contributed by atoms with Crippen molar-refractivity contribution in [2.24, 2.45) is 0 Å². The summed E-state index contributed by atoms with van der Waals surface area (Å²) in [5, 5.41) is 8.96. The molecule has 0 aliphatic carbocycles. The minimum absolute atomic E-state index is 0.137. The van der Waals surface area contributed by atoms with Crippen LogP contribution in [0.15, 0.2) is 57.9 Å². The minimum atomic E-state index is -3.85. The zero-order valence-corrected chi connectivity index (χ0v) is 19.4. The number of anilines is 1. The van der Waals surface area contributed by atoms with E-state index in [0.717, 1.165) is 23.1 Å². The molecule has 3 rings (SSSR count). The molecule has 0 radical (unpaired) electrons. The van der Waals surface area contributed by atoms with E-state index < -0.39 is 14.6 Å². The molecule has 1 aliphatic heterocycles. The van der Waals surface area contributed by atoms with Crippen LogP contribution in [0, 0.1) is 11.3 Å². The van der Waals surface area contributed by atoms with Gasteiger partial charge in [-0.3, -0.25) is 4.79 Å². The van der Waals surface area contributed by atoms with Gasteiger partial charge in [0.05, 0.1) is 16.5 Å². The third-order valence-corrected chi connectivity index (χ3v) is 8.40. The number of nitriles is 1. The third-order valence-electron chi connectivity index (χ3n) is 5.46. The van der Waals surface area contributed by atoms with Crippen LogP contribution in [0.1, 0.15) is 25.8 Å². The largest absolute Gasteiger partial charge is 0.370 e. The molecule has 2 aromatic rings. The number of hydrogen-bond donors (Lipinski definition) is 0. The Hall–Kier alpha value is -2.37. The maximum Gasteiger partial charge on any atom is 0.243 e. The molecule has 2 aromatic carbocycles. The number of benzene rings is 2. The maximum absolute atomic E-state index is 13.3. The molecule has 0 aromatic heterocycles. The number of carbonyl (C=O) groups is 1. The maximum atomic E-state index is 13.3. The molecule has 1 saturated heterocycles. The van der Waals surface area contributed by atoms with Crippen LogP contribution in [0.2, 0.25) is 0 Å². The van der Waals surface area contributed by atoms with Crippen molar-refractivity contribution in [1.82, 2.24) is 4.90 Å². The van der Waals surface area contributed by atoms with Crippen molar-refractivity contribution in [3.63, 3.8) is 0 Å². The molecule has 0 bridgehead atoms. The molecule has 0 unspecified atom stereocenters. The van der Waals surface area contributed by atoms with Crippen molar-refractivity contribution >= 4 is 37.4 Å². The molecule has 1 heterocycles. The zero-order chi connectivity index (χ0) is 21.9. The summed E-state index contributed by atoms with van der Waals surface area (Å²) >= 11 is 3.31. The highest BCUT2D eigenvalue weighted by atomic mass is 79.9. The van der Waals surface area contributed by atoms with E-state index in [2.05, 4.69) is 26.9 Å². The summed E-state index contributed by atoms with van der Waals surface area (Å²) in [5.41, 5.74) is 1.59. The average Bonchev–Trinajstić information content (AvgIpc) is 2.99. The summed E-state index contributed by atoms with van der Waals surface area (Å²) < 4.78 is 25.6. The number of halogens is 1. The Morgan fingerprint density at radius 2 is 1.63 bits per heavy atom. The van der Waals surface area contributed by atoms with Crippen LogP contribution < -0.4 is 4.90 Å². The summed E-state index contributed by atoms with van der Waals surface area (Å²) in [5.74, 6) is -0.382. The van der Waals surface area contributed by atoms with Gasteiger partial charge in [0.2, 0.25) is 5.91 Å². The normalized spacial score (nSPS) is 15.4. The summed E-state index contributed by atoms with van der Waals surface area (Å²) in [4.78, 5) is 17.2. The molecule has 158 valence electrons. The summed E-state index contributed by atoms with van der Waals surface area (Å²) in [6.07, 6.45) is 0.736. The van der Waals surface area contributed by atoms with Gasteiger partial charge >= 0.3 is 0 Å². The highest BCUT2D eigenvalue weighted by Crippen LogP contribution is 2.29. The molecule has 30 heavy (non-hydrogen) atoms. The number of rotatable bonds is 4. The second kappa shape index (κ2) is 8.78.